The second-order valence-corrected chi connectivity index (χ2v) is 4.20. The molecule has 1 aromatic rings. The van der Waals surface area contributed by atoms with Crippen molar-refractivity contribution in [1.29, 1.82) is 0 Å². The van der Waals surface area contributed by atoms with Crippen molar-refractivity contribution in [3.63, 3.8) is 0 Å². The van der Waals surface area contributed by atoms with Gasteiger partial charge in [0.15, 0.2) is 11.5 Å². The average molecular weight is 266 g/mol. The number of carbonyl (C=O) groups excluding carboxylic acids is 1. The lowest BCUT2D eigenvalue weighted by Gasteiger charge is -2.11. The van der Waals surface area contributed by atoms with Gasteiger partial charge in [-0.2, -0.15) is 0 Å². The molecule has 0 radical (unpaired) electrons. The van der Waals surface area contributed by atoms with Gasteiger partial charge in [0.2, 0.25) is 0 Å². The lowest BCUT2D eigenvalue weighted by molar-refractivity contribution is 0.0504. The van der Waals surface area contributed by atoms with Gasteiger partial charge in [-0.1, -0.05) is 20.3 Å². The summed E-state index contributed by atoms with van der Waals surface area (Å²) in [5, 5.41) is 0. The van der Waals surface area contributed by atoms with Crippen molar-refractivity contribution in [1.82, 2.24) is 0 Å². The van der Waals surface area contributed by atoms with E-state index in [0.717, 1.165) is 19.3 Å². The van der Waals surface area contributed by atoms with E-state index in [1.54, 1.807) is 25.3 Å². The Morgan fingerprint density at radius 1 is 1.11 bits per heavy atom. The highest BCUT2D eigenvalue weighted by atomic mass is 16.5. The van der Waals surface area contributed by atoms with Crippen molar-refractivity contribution < 1.29 is 19.0 Å². The monoisotopic (exact) mass is 266 g/mol. The Bertz CT molecular complexity index is 401. The lowest BCUT2D eigenvalue weighted by Crippen LogP contribution is -2.07. The van der Waals surface area contributed by atoms with Crippen molar-refractivity contribution in [3.8, 4) is 11.5 Å². The van der Waals surface area contributed by atoms with E-state index < -0.39 is 0 Å². The Morgan fingerprint density at radius 3 is 2.53 bits per heavy atom. The van der Waals surface area contributed by atoms with Crippen molar-refractivity contribution >= 4 is 5.97 Å². The van der Waals surface area contributed by atoms with Gasteiger partial charge in [-0.15, -0.1) is 0 Å². The van der Waals surface area contributed by atoms with Crippen LogP contribution in [-0.2, 0) is 4.74 Å². The minimum Gasteiger partial charge on any atom is -0.493 e. The zero-order valence-electron chi connectivity index (χ0n) is 11.9. The molecule has 0 saturated heterocycles. The van der Waals surface area contributed by atoms with Crippen LogP contribution in [0.25, 0.3) is 0 Å². The number of hydrogen-bond donors (Lipinski definition) is 0. The second kappa shape index (κ2) is 8.40. The third-order valence-corrected chi connectivity index (χ3v) is 2.59. The van der Waals surface area contributed by atoms with Gasteiger partial charge in [0, 0.05) is 0 Å². The SMILES string of the molecule is CCCCOc1ccc(C(=O)OCCC)cc1OC. The van der Waals surface area contributed by atoms with Crippen LogP contribution in [0.5, 0.6) is 11.5 Å². The van der Waals surface area contributed by atoms with Crippen LogP contribution < -0.4 is 9.47 Å². The summed E-state index contributed by atoms with van der Waals surface area (Å²) >= 11 is 0. The molecule has 0 amide bonds. The molecule has 0 aromatic heterocycles. The number of benzene rings is 1. The van der Waals surface area contributed by atoms with Gasteiger partial charge in [-0.25, -0.2) is 4.79 Å². The maximum absolute atomic E-state index is 11.7. The fraction of sp³-hybridized carbons (Fsp3) is 0.533. The van der Waals surface area contributed by atoms with Crippen LogP contribution in [0.2, 0.25) is 0 Å². The first-order chi connectivity index (χ1) is 9.22. The molecule has 4 heteroatoms. The zero-order valence-corrected chi connectivity index (χ0v) is 11.9. The molecule has 0 bridgehead atoms. The number of carbonyl (C=O) groups is 1. The summed E-state index contributed by atoms with van der Waals surface area (Å²) in [6.07, 6.45) is 2.87. The minimum absolute atomic E-state index is 0.333. The number of unbranched alkanes of at least 4 members (excludes halogenated alkanes) is 1. The smallest absolute Gasteiger partial charge is 0.338 e. The molecule has 0 N–H and O–H groups in total. The van der Waals surface area contributed by atoms with Crippen LogP contribution in [0.15, 0.2) is 18.2 Å². The summed E-state index contributed by atoms with van der Waals surface area (Å²) < 4.78 is 15.9. The number of esters is 1. The van der Waals surface area contributed by atoms with E-state index >= 15 is 0 Å². The summed E-state index contributed by atoms with van der Waals surface area (Å²) in [4.78, 5) is 11.7. The van der Waals surface area contributed by atoms with Crippen molar-refractivity contribution in [3.05, 3.63) is 23.8 Å². The molecular formula is C15H22O4. The molecule has 0 saturated carbocycles. The van der Waals surface area contributed by atoms with Crippen LogP contribution in [-0.4, -0.2) is 26.3 Å². The molecule has 0 aliphatic heterocycles. The van der Waals surface area contributed by atoms with Crippen LogP contribution in [0.4, 0.5) is 0 Å². The molecule has 0 aliphatic carbocycles. The standard InChI is InChI=1S/C15H22O4/c1-4-6-10-18-13-8-7-12(11-14(13)17-3)15(16)19-9-5-2/h7-8,11H,4-6,9-10H2,1-3H3. The first-order valence-corrected chi connectivity index (χ1v) is 6.70. The molecule has 0 heterocycles. The lowest BCUT2D eigenvalue weighted by atomic mass is 10.2. The maximum atomic E-state index is 11.7. The molecule has 1 aromatic carbocycles. The molecule has 0 aliphatic rings. The van der Waals surface area contributed by atoms with Gasteiger partial charge >= 0.3 is 5.97 Å². The van der Waals surface area contributed by atoms with Gasteiger partial charge < -0.3 is 14.2 Å². The Kier molecular flexibility index (Phi) is 6.79. The first kappa shape index (κ1) is 15.3. The number of hydrogen-bond acceptors (Lipinski definition) is 4. The first-order valence-electron chi connectivity index (χ1n) is 6.70. The van der Waals surface area contributed by atoms with Crippen LogP contribution in [0, 0.1) is 0 Å². The van der Waals surface area contributed by atoms with Gasteiger partial charge in [0.05, 0.1) is 25.9 Å². The predicted octanol–water partition coefficient (Wildman–Crippen LogP) is 3.44. The largest absolute Gasteiger partial charge is 0.493 e. The van der Waals surface area contributed by atoms with E-state index in [9.17, 15) is 4.79 Å². The van der Waals surface area contributed by atoms with E-state index in [0.29, 0.717) is 30.3 Å². The molecule has 0 fully saturated rings. The summed E-state index contributed by atoms with van der Waals surface area (Å²) in [5.41, 5.74) is 0.480. The van der Waals surface area contributed by atoms with Gasteiger partial charge in [-0.05, 0) is 31.0 Å². The quantitative estimate of drug-likeness (QED) is 0.534. The highest BCUT2D eigenvalue weighted by Gasteiger charge is 2.11. The van der Waals surface area contributed by atoms with E-state index in [1.165, 1.54) is 0 Å². The zero-order chi connectivity index (χ0) is 14.1. The third-order valence-electron chi connectivity index (χ3n) is 2.59. The van der Waals surface area contributed by atoms with Crippen LogP contribution in [0.3, 0.4) is 0 Å². The Balaban J connectivity index is 2.74. The molecule has 4 nitrogen and oxygen atoms in total. The maximum Gasteiger partial charge on any atom is 0.338 e. The summed E-state index contributed by atoms with van der Waals surface area (Å²) in [7, 11) is 1.56. The Hall–Kier alpha value is -1.71. The molecule has 0 atom stereocenters. The summed E-state index contributed by atoms with van der Waals surface area (Å²) in [5.74, 6) is 0.880. The fourth-order valence-corrected chi connectivity index (χ4v) is 1.52. The van der Waals surface area contributed by atoms with E-state index in [2.05, 4.69) is 6.92 Å². The van der Waals surface area contributed by atoms with Crippen molar-refractivity contribution in [2.75, 3.05) is 20.3 Å². The predicted molar refractivity (Wildman–Crippen MR) is 74.0 cm³/mol. The van der Waals surface area contributed by atoms with E-state index in [1.807, 2.05) is 6.92 Å². The summed E-state index contributed by atoms with van der Waals surface area (Å²) in [6.45, 7) is 5.13. The molecule has 0 unspecified atom stereocenters. The second-order valence-electron chi connectivity index (χ2n) is 4.20. The summed E-state index contributed by atoms with van der Waals surface area (Å²) in [6, 6.07) is 5.10. The van der Waals surface area contributed by atoms with Gasteiger partial charge in [0.1, 0.15) is 0 Å². The van der Waals surface area contributed by atoms with E-state index in [-0.39, 0.29) is 5.97 Å². The van der Waals surface area contributed by atoms with Gasteiger partial charge in [0.25, 0.3) is 0 Å². The normalized spacial score (nSPS) is 10.1. The van der Waals surface area contributed by atoms with Crippen molar-refractivity contribution in [2.24, 2.45) is 0 Å². The van der Waals surface area contributed by atoms with Gasteiger partial charge in [-0.3, -0.25) is 0 Å². The number of methoxy groups -OCH3 is 1. The number of ether oxygens (including phenoxy) is 3. The highest BCUT2D eigenvalue weighted by Crippen LogP contribution is 2.28. The fourth-order valence-electron chi connectivity index (χ4n) is 1.52. The average Bonchev–Trinajstić information content (AvgIpc) is 2.45. The third kappa shape index (κ3) is 4.81. The minimum atomic E-state index is -0.333. The number of rotatable bonds is 8. The molecule has 19 heavy (non-hydrogen) atoms. The van der Waals surface area contributed by atoms with Crippen LogP contribution in [0.1, 0.15) is 43.5 Å². The van der Waals surface area contributed by atoms with Crippen molar-refractivity contribution in [2.45, 2.75) is 33.1 Å². The Morgan fingerprint density at radius 2 is 1.89 bits per heavy atom. The molecular weight excluding hydrogens is 244 g/mol. The molecule has 1 rings (SSSR count). The van der Waals surface area contributed by atoms with E-state index in [4.69, 9.17) is 14.2 Å². The molecule has 106 valence electrons. The molecule has 0 spiro atoms. The highest BCUT2D eigenvalue weighted by molar-refractivity contribution is 5.90. The Labute approximate surface area is 114 Å². The van der Waals surface area contributed by atoms with Crippen LogP contribution >= 0.6 is 0 Å². The topological polar surface area (TPSA) is 44.8 Å².